The Morgan fingerprint density at radius 2 is 1.57 bits per heavy atom. The zero-order valence-corrected chi connectivity index (χ0v) is 16.0. The average molecular weight is 370 g/mol. The van der Waals surface area contributed by atoms with Gasteiger partial charge in [-0.25, -0.2) is 0 Å². The molecule has 0 spiro atoms. The van der Waals surface area contributed by atoms with Gasteiger partial charge in [0, 0.05) is 22.9 Å². The molecule has 0 aliphatic carbocycles. The fraction of sp³-hybridized carbons (Fsp3) is 0.167. The molecule has 4 nitrogen and oxygen atoms in total. The predicted octanol–water partition coefficient (Wildman–Crippen LogP) is 5.56. The van der Waals surface area contributed by atoms with Crippen molar-refractivity contribution in [3.8, 4) is 11.3 Å². The Morgan fingerprint density at radius 1 is 0.929 bits per heavy atom. The van der Waals surface area contributed by atoms with Gasteiger partial charge in [-0.1, -0.05) is 78.4 Å². The Morgan fingerprint density at radius 3 is 2.25 bits per heavy atom. The molecule has 28 heavy (non-hydrogen) atoms. The summed E-state index contributed by atoms with van der Waals surface area (Å²) in [6.45, 7) is 1.89. The molecule has 0 saturated heterocycles. The third-order valence-corrected chi connectivity index (χ3v) is 5.35. The fourth-order valence-corrected chi connectivity index (χ4v) is 4.03. The third kappa shape index (κ3) is 3.18. The van der Waals surface area contributed by atoms with E-state index in [4.69, 9.17) is 0 Å². The van der Waals surface area contributed by atoms with Crippen molar-refractivity contribution in [1.29, 1.82) is 0 Å². The van der Waals surface area contributed by atoms with Gasteiger partial charge in [-0.05, 0) is 29.7 Å². The van der Waals surface area contributed by atoms with Gasteiger partial charge in [-0.3, -0.25) is 10.1 Å². The number of aromatic nitrogens is 1. The molecule has 4 aromatic rings. The van der Waals surface area contributed by atoms with Crippen molar-refractivity contribution in [2.45, 2.75) is 12.8 Å². The number of nitro groups is 1. The Hall–Kier alpha value is -3.40. The van der Waals surface area contributed by atoms with Gasteiger partial charge >= 0.3 is 0 Å². The summed E-state index contributed by atoms with van der Waals surface area (Å²) in [6, 6.07) is 26.4. The maximum absolute atomic E-state index is 11.6. The Bertz CT molecular complexity index is 1130. The van der Waals surface area contributed by atoms with Crippen LogP contribution < -0.4 is 0 Å². The monoisotopic (exact) mass is 370 g/mol. The van der Waals surface area contributed by atoms with Gasteiger partial charge in [-0.2, -0.15) is 0 Å². The van der Waals surface area contributed by atoms with Crippen LogP contribution in [-0.4, -0.2) is 16.0 Å². The van der Waals surface area contributed by atoms with E-state index in [9.17, 15) is 10.1 Å². The van der Waals surface area contributed by atoms with Gasteiger partial charge in [0.25, 0.3) is 0 Å². The van der Waals surface area contributed by atoms with E-state index in [-0.39, 0.29) is 17.4 Å². The summed E-state index contributed by atoms with van der Waals surface area (Å²) >= 11 is 0. The van der Waals surface area contributed by atoms with Crippen molar-refractivity contribution < 1.29 is 4.92 Å². The van der Waals surface area contributed by atoms with Crippen LogP contribution in [0.3, 0.4) is 0 Å². The first-order valence-corrected chi connectivity index (χ1v) is 9.37. The number of hydrogen-bond donors (Lipinski definition) is 0. The summed E-state index contributed by atoms with van der Waals surface area (Å²) in [5.74, 6) is -0.322. The lowest BCUT2D eigenvalue weighted by atomic mass is 9.87. The molecular weight excluding hydrogens is 348 g/mol. The van der Waals surface area contributed by atoms with Gasteiger partial charge in [-0.15, -0.1) is 0 Å². The van der Waals surface area contributed by atoms with Crippen LogP contribution >= 0.6 is 0 Å². The van der Waals surface area contributed by atoms with Gasteiger partial charge in [0.2, 0.25) is 6.54 Å². The van der Waals surface area contributed by atoms with Crippen molar-refractivity contribution in [3.05, 3.63) is 106 Å². The zero-order chi connectivity index (χ0) is 19.7. The Labute approximate surface area is 164 Å². The largest absolute Gasteiger partial charge is 0.343 e. The molecule has 1 unspecified atom stereocenters. The summed E-state index contributed by atoms with van der Waals surface area (Å²) in [5.41, 5.74) is 6.31. The summed E-state index contributed by atoms with van der Waals surface area (Å²) in [5, 5.41) is 12.7. The summed E-state index contributed by atoms with van der Waals surface area (Å²) in [4.78, 5) is 11.4. The van der Waals surface area contributed by atoms with E-state index in [1.54, 1.807) is 0 Å². The van der Waals surface area contributed by atoms with Crippen molar-refractivity contribution in [2.24, 2.45) is 7.05 Å². The lowest BCUT2D eigenvalue weighted by Gasteiger charge is -2.17. The van der Waals surface area contributed by atoms with E-state index in [2.05, 4.69) is 28.8 Å². The fourth-order valence-electron chi connectivity index (χ4n) is 4.03. The minimum Gasteiger partial charge on any atom is -0.343 e. The first-order valence-electron chi connectivity index (χ1n) is 9.37. The molecule has 4 heteroatoms. The van der Waals surface area contributed by atoms with Crippen LogP contribution in [0.15, 0.2) is 78.9 Å². The van der Waals surface area contributed by atoms with Crippen LogP contribution in [-0.2, 0) is 7.05 Å². The highest BCUT2D eigenvalue weighted by Gasteiger charge is 2.28. The van der Waals surface area contributed by atoms with Crippen LogP contribution in [0.4, 0.5) is 0 Å². The second-order valence-electron chi connectivity index (χ2n) is 7.18. The average Bonchev–Trinajstić information content (AvgIpc) is 3.00. The van der Waals surface area contributed by atoms with Gasteiger partial charge in [0.1, 0.15) is 0 Å². The lowest BCUT2D eigenvalue weighted by Crippen LogP contribution is -2.15. The highest BCUT2D eigenvalue weighted by Crippen LogP contribution is 2.40. The molecule has 1 heterocycles. The van der Waals surface area contributed by atoms with Crippen LogP contribution in [0, 0.1) is 17.0 Å². The van der Waals surface area contributed by atoms with Gasteiger partial charge in [0.15, 0.2) is 0 Å². The van der Waals surface area contributed by atoms with E-state index in [0.717, 1.165) is 38.9 Å². The number of aryl methyl sites for hydroxylation is 2. The number of para-hydroxylation sites is 1. The van der Waals surface area contributed by atoms with Crippen molar-refractivity contribution in [1.82, 2.24) is 4.57 Å². The van der Waals surface area contributed by atoms with Gasteiger partial charge in [0.05, 0.1) is 11.6 Å². The highest BCUT2D eigenvalue weighted by atomic mass is 16.6. The molecule has 0 N–H and O–H groups in total. The van der Waals surface area contributed by atoms with E-state index in [1.165, 1.54) is 0 Å². The highest BCUT2D eigenvalue weighted by molar-refractivity contribution is 5.93. The molecule has 1 atom stereocenters. The first kappa shape index (κ1) is 18.0. The van der Waals surface area contributed by atoms with Crippen molar-refractivity contribution in [2.75, 3.05) is 6.54 Å². The second-order valence-corrected chi connectivity index (χ2v) is 7.18. The van der Waals surface area contributed by atoms with Crippen LogP contribution in [0.5, 0.6) is 0 Å². The normalized spacial score (nSPS) is 12.2. The van der Waals surface area contributed by atoms with Crippen LogP contribution in [0.2, 0.25) is 0 Å². The molecule has 0 saturated carbocycles. The predicted molar refractivity (Wildman–Crippen MR) is 113 cm³/mol. The molecule has 0 amide bonds. The Balaban J connectivity index is 2.04. The minimum atomic E-state index is -0.322. The molecular formula is C24H22N2O2. The standard InChI is InChI=1S/C24H22N2O2/c1-17-12-14-18(15-13-17)21(16-26(27)28)23-20-10-6-7-11-22(20)25(2)24(23)19-8-4-3-5-9-19/h3-15,21H,16H2,1-2H3. The number of fused-ring (bicyclic) bond motifs is 1. The molecule has 1 aromatic heterocycles. The zero-order valence-electron chi connectivity index (χ0n) is 16.0. The van der Waals surface area contributed by atoms with Crippen LogP contribution in [0.25, 0.3) is 22.2 Å². The maximum atomic E-state index is 11.6. The quantitative estimate of drug-likeness (QED) is 0.341. The SMILES string of the molecule is Cc1ccc(C(C[N+](=O)[O-])c2c(-c3ccccc3)n(C)c3ccccc23)cc1. The van der Waals surface area contributed by atoms with Crippen LogP contribution in [0.1, 0.15) is 22.6 Å². The third-order valence-electron chi connectivity index (χ3n) is 5.35. The van der Waals surface area contributed by atoms with E-state index in [0.29, 0.717) is 0 Å². The molecule has 0 aliphatic heterocycles. The summed E-state index contributed by atoms with van der Waals surface area (Å²) in [6.07, 6.45) is 0. The van der Waals surface area contributed by atoms with Gasteiger partial charge < -0.3 is 4.57 Å². The maximum Gasteiger partial charge on any atom is 0.214 e. The number of rotatable bonds is 5. The minimum absolute atomic E-state index is 0.142. The molecule has 0 bridgehead atoms. The first-order chi connectivity index (χ1) is 13.6. The van der Waals surface area contributed by atoms with E-state index >= 15 is 0 Å². The van der Waals surface area contributed by atoms with Crippen molar-refractivity contribution >= 4 is 10.9 Å². The van der Waals surface area contributed by atoms with E-state index < -0.39 is 0 Å². The molecule has 140 valence electrons. The summed E-state index contributed by atoms with van der Waals surface area (Å²) in [7, 11) is 2.03. The number of hydrogen-bond acceptors (Lipinski definition) is 2. The number of nitrogens with zero attached hydrogens (tertiary/aromatic N) is 2. The topological polar surface area (TPSA) is 48.1 Å². The van der Waals surface area contributed by atoms with E-state index in [1.807, 2.05) is 68.6 Å². The molecule has 0 aliphatic rings. The summed E-state index contributed by atoms with van der Waals surface area (Å²) < 4.78 is 2.15. The molecule has 3 aromatic carbocycles. The van der Waals surface area contributed by atoms with Crippen molar-refractivity contribution in [3.63, 3.8) is 0 Å². The molecule has 0 radical (unpaired) electrons. The Kier molecular flexibility index (Phi) is 4.70. The second kappa shape index (κ2) is 7.31. The number of benzene rings is 3. The molecule has 0 fully saturated rings. The molecule has 4 rings (SSSR count). The smallest absolute Gasteiger partial charge is 0.214 e. The lowest BCUT2D eigenvalue weighted by molar-refractivity contribution is -0.481.